The van der Waals surface area contributed by atoms with Crippen LogP contribution in [0.15, 0.2) is 12.4 Å². The lowest BCUT2D eigenvalue weighted by atomic mass is 9.94. The summed E-state index contributed by atoms with van der Waals surface area (Å²) in [5.41, 5.74) is 1.04. The van der Waals surface area contributed by atoms with Gasteiger partial charge in [-0.25, -0.2) is 4.98 Å². The van der Waals surface area contributed by atoms with Crippen molar-refractivity contribution < 1.29 is 0 Å². The summed E-state index contributed by atoms with van der Waals surface area (Å²) in [6.07, 6.45) is 6.22. The molecular formula is C12H18N4. The molecular weight excluding hydrogens is 200 g/mol. The highest BCUT2D eigenvalue weighted by Crippen LogP contribution is 2.28. The van der Waals surface area contributed by atoms with Gasteiger partial charge in [-0.15, -0.1) is 0 Å². The third kappa shape index (κ3) is 1.67. The molecule has 4 heteroatoms. The summed E-state index contributed by atoms with van der Waals surface area (Å²) in [5, 5.41) is 3.61. The van der Waals surface area contributed by atoms with Crippen LogP contribution < -0.4 is 10.2 Å². The number of fused-ring (bicyclic) bond motifs is 1. The van der Waals surface area contributed by atoms with E-state index in [0.717, 1.165) is 30.5 Å². The van der Waals surface area contributed by atoms with Crippen molar-refractivity contribution in [3.8, 4) is 0 Å². The van der Waals surface area contributed by atoms with Gasteiger partial charge in [0.1, 0.15) is 5.82 Å². The molecule has 2 aliphatic heterocycles. The van der Waals surface area contributed by atoms with Crippen LogP contribution in [0.1, 0.15) is 18.5 Å². The minimum atomic E-state index is 0.662. The number of nitrogens with one attached hydrogen (secondary N) is 1. The minimum Gasteiger partial charge on any atom is -0.353 e. The molecule has 3 heterocycles. The van der Waals surface area contributed by atoms with E-state index < -0.39 is 0 Å². The van der Waals surface area contributed by atoms with Gasteiger partial charge in [0.05, 0.1) is 5.69 Å². The summed E-state index contributed by atoms with van der Waals surface area (Å²) in [6.45, 7) is 5.44. The van der Waals surface area contributed by atoms with Gasteiger partial charge in [-0.2, -0.15) is 0 Å². The van der Waals surface area contributed by atoms with Gasteiger partial charge in [0.15, 0.2) is 0 Å². The van der Waals surface area contributed by atoms with Gasteiger partial charge in [-0.05, 0) is 32.2 Å². The highest BCUT2D eigenvalue weighted by molar-refractivity contribution is 5.44. The standard InChI is InChI=1S/C12H18N4/c1-9-12(15-6-5-13-9)16-7-10-3-2-4-14-11(10)8-16/h5-6,10-11,14H,2-4,7-8H2,1H3/t10-,11+/m0/s1. The van der Waals surface area contributed by atoms with Gasteiger partial charge in [0.25, 0.3) is 0 Å². The van der Waals surface area contributed by atoms with Gasteiger partial charge >= 0.3 is 0 Å². The Bertz CT molecular complexity index is 365. The van der Waals surface area contributed by atoms with Gasteiger partial charge in [-0.3, -0.25) is 4.98 Å². The molecule has 0 saturated carbocycles. The summed E-state index contributed by atoms with van der Waals surface area (Å²) in [5.74, 6) is 1.87. The molecule has 0 amide bonds. The average Bonchev–Trinajstić information content (AvgIpc) is 2.73. The Morgan fingerprint density at radius 1 is 1.31 bits per heavy atom. The van der Waals surface area contributed by atoms with E-state index in [1.165, 1.54) is 19.4 Å². The van der Waals surface area contributed by atoms with Gasteiger partial charge in [0.2, 0.25) is 0 Å². The summed E-state index contributed by atoms with van der Waals surface area (Å²) in [7, 11) is 0. The molecule has 0 unspecified atom stereocenters. The van der Waals surface area contributed by atoms with E-state index in [9.17, 15) is 0 Å². The predicted octanol–water partition coefficient (Wildman–Crippen LogP) is 0.973. The molecule has 16 heavy (non-hydrogen) atoms. The zero-order valence-corrected chi connectivity index (χ0v) is 9.69. The summed E-state index contributed by atoms with van der Waals surface area (Å²) in [6, 6.07) is 0.662. The zero-order chi connectivity index (χ0) is 11.0. The molecule has 1 N–H and O–H groups in total. The topological polar surface area (TPSA) is 41.1 Å². The van der Waals surface area contributed by atoms with Crippen molar-refractivity contribution in [2.75, 3.05) is 24.5 Å². The van der Waals surface area contributed by atoms with Crippen molar-refractivity contribution >= 4 is 5.82 Å². The first-order valence-electron chi connectivity index (χ1n) is 6.10. The average molecular weight is 218 g/mol. The second kappa shape index (κ2) is 4.01. The van der Waals surface area contributed by atoms with Crippen molar-refractivity contribution in [2.45, 2.75) is 25.8 Å². The van der Waals surface area contributed by atoms with Crippen molar-refractivity contribution in [1.29, 1.82) is 0 Å². The maximum absolute atomic E-state index is 4.45. The molecule has 3 rings (SSSR count). The maximum atomic E-state index is 4.45. The monoisotopic (exact) mass is 218 g/mol. The van der Waals surface area contributed by atoms with Gasteiger partial charge < -0.3 is 10.2 Å². The van der Waals surface area contributed by atoms with Crippen LogP contribution in [0.4, 0.5) is 5.82 Å². The molecule has 1 aromatic rings. The number of piperidine rings is 1. The molecule has 4 nitrogen and oxygen atoms in total. The molecule has 2 saturated heterocycles. The van der Waals surface area contributed by atoms with E-state index >= 15 is 0 Å². The van der Waals surface area contributed by atoms with Crippen LogP contribution in [0.25, 0.3) is 0 Å². The Morgan fingerprint density at radius 2 is 2.19 bits per heavy atom. The van der Waals surface area contributed by atoms with Crippen LogP contribution in [0.3, 0.4) is 0 Å². The molecule has 0 spiro atoms. The molecule has 1 aromatic heterocycles. The Morgan fingerprint density at radius 3 is 3.00 bits per heavy atom. The normalized spacial score (nSPS) is 29.2. The highest BCUT2D eigenvalue weighted by atomic mass is 15.2. The fourth-order valence-electron chi connectivity index (χ4n) is 2.93. The van der Waals surface area contributed by atoms with E-state index in [-0.39, 0.29) is 0 Å². The summed E-state index contributed by atoms with van der Waals surface area (Å²) in [4.78, 5) is 11.2. The Kier molecular flexibility index (Phi) is 2.52. The number of rotatable bonds is 1. The summed E-state index contributed by atoms with van der Waals surface area (Å²) >= 11 is 0. The zero-order valence-electron chi connectivity index (χ0n) is 9.69. The maximum Gasteiger partial charge on any atom is 0.150 e. The van der Waals surface area contributed by atoms with E-state index in [1.807, 2.05) is 6.92 Å². The fourth-order valence-corrected chi connectivity index (χ4v) is 2.93. The van der Waals surface area contributed by atoms with Crippen LogP contribution in [-0.4, -0.2) is 35.6 Å². The second-order valence-corrected chi connectivity index (χ2v) is 4.83. The number of nitrogens with zero attached hydrogens (tertiary/aromatic N) is 3. The lowest BCUT2D eigenvalue weighted by Gasteiger charge is -2.24. The number of hydrogen-bond acceptors (Lipinski definition) is 4. The van der Waals surface area contributed by atoms with E-state index in [2.05, 4.69) is 20.2 Å². The molecule has 2 aliphatic rings. The fraction of sp³-hybridized carbons (Fsp3) is 0.667. The quantitative estimate of drug-likeness (QED) is 0.762. The third-order valence-electron chi connectivity index (χ3n) is 3.75. The molecule has 2 fully saturated rings. The largest absolute Gasteiger partial charge is 0.353 e. The Labute approximate surface area is 96.1 Å². The Balaban J connectivity index is 1.80. The lowest BCUT2D eigenvalue weighted by molar-refractivity contribution is 0.340. The van der Waals surface area contributed by atoms with Crippen LogP contribution in [0, 0.1) is 12.8 Å². The Hall–Kier alpha value is -1.16. The molecule has 0 aromatic carbocycles. The summed E-state index contributed by atoms with van der Waals surface area (Å²) < 4.78 is 0. The smallest absolute Gasteiger partial charge is 0.150 e. The SMILES string of the molecule is Cc1nccnc1N1C[C@@H]2CCCN[C@@H]2C1. The van der Waals surface area contributed by atoms with E-state index in [4.69, 9.17) is 0 Å². The van der Waals surface area contributed by atoms with Gasteiger partial charge in [-0.1, -0.05) is 0 Å². The number of aromatic nitrogens is 2. The highest BCUT2D eigenvalue weighted by Gasteiger charge is 2.35. The molecule has 0 aliphatic carbocycles. The first-order chi connectivity index (χ1) is 7.84. The third-order valence-corrected chi connectivity index (χ3v) is 3.75. The first kappa shape index (κ1) is 10.0. The van der Waals surface area contributed by atoms with Crippen molar-refractivity contribution in [2.24, 2.45) is 5.92 Å². The van der Waals surface area contributed by atoms with Crippen LogP contribution in [0.2, 0.25) is 0 Å². The van der Waals surface area contributed by atoms with Crippen LogP contribution in [-0.2, 0) is 0 Å². The number of anilines is 1. The first-order valence-corrected chi connectivity index (χ1v) is 6.10. The van der Waals surface area contributed by atoms with Crippen LogP contribution in [0.5, 0.6) is 0 Å². The van der Waals surface area contributed by atoms with Crippen LogP contribution >= 0.6 is 0 Å². The van der Waals surface area contributed by atoms with Crippen molar-refractivity contribution in [3.63, 3.8) is 0 Å². The lowest BCUT2D eigenvalue weighted by Crippen LogP contribution is -2.40. The van der Waals surface area contributed by atoms with Crippen molar-refractivity contribution in [1.82, 2.24) is 15.3 Å². The van der Waals surface area contributed by atoms with Crippen molar-refractivity contribution in [3.05, 3.63) is 18.1 Å². The van der Waals surface area contributed by atoms with E-state index in [0.29, 0.717) is 6.04 Å². The molecule has 86 valence electrons. The van der Waals surface area contributed by atoms with Gasteiger partial charge in [0, 0.05) is 31.5 Å². The minimum absolute atomic E-state index is 0.662. The van der Waals surface area contributed by atoms with E-state index in [1.54, 1.807) is 12.4 Å². The molecule has 2 atom stereocenters. The number of aryl methyl sites for hydroxylation is 1. The molecule has 0 bridgehead atoms. The predicted molar refractivity (Wildman–Crippen MR) is 63.5 cm³/mol. The second-order valence-electron chi connectivity index (χ2n) is 4.83. The number of hydrogen-bond donors (Lipinski definition) is 1. The molecule has 0 radical (unpaired) electrons.